The zero-order valence-corrected chi connectivity index (χ0v) is 26.8. The van der Waals surface area contributed by atoms with Crippen LogP contribution in [0.5, 0.6) is 5.75 Å². The minimum atomic E-state index is -0.457. The van der Waals surface area contributed by atoms with Crippen LogP contribution in [0.15, 0.2) is 34.3 Å². The zero-order valence-electron chi connectivity index (χ0n) is 25.2. The van der Waals surface area contributed by atoms with Crippen molar-refractivity contribution in [1.82, 2.24) is 20.2 Å². The zero-order chi connectivity index (χ0) is 32.1. The Bertz CT molecular complexity index is 1720. The van der Waals surface area contributed by atoms with Gasteiger partial charge in [0.05, 0.1) is 36.4 Å². The van der Waals surface area contributed by atoms with E-state index in [0.29, 0.717) is 48.1 Å². The highest BCUT2D eigenvalue weighted by atomic mass is 32.1. The highest BCUT2D eigenvalue weighted by Crippen LogP contribution is 2.27. The lowest BCUT2D eigenvalue weighted by Gasteiger charge is -2.16. The summed E-state index contributed by atoms with van der Waals surface area (Å²) in [6, 6.07) is 7.25. The van der Waals surface area contributed by atoms with Crippen LogP contribution in [-0.2, 0) is 6.54 Å². The molecular formula is C31H32N6O6S2. The van der Waals surface area contributed by atoms with Gasteiger partial charge in [-0.3, -0.25) is 34.0 Å². The second-order valence-corrected chi connectivity index (χ2v) is 12.9. The molecule has 1 amide bonds. The maximum Gasteiger partial charge on any atom is 0.280 e. The normalized spacial score (nSPS) is 16.4. The number of nitrogens with zero attached hydrogens (tertiary/aromatic N) is 5. The van der Waals surface area contributed by atoms with Crippen LogP contribution in [0.1, 0.15) is 86.4 Å². The van der Waals surface area contributed by atoms with E-state index in [9.17, 15) is 24.0 Å². The molecule has 2 heterocycles. The lowest BCUT2D eigenvalue weighted by molar-refractivity contribution is 0.0946. The van der Waals surface area contributed by atoms with Gasteiger partial charge in [-0.25, -0.2) is 9.97 Å². The minimum absolute atomic E-state index is 0.0115. The summed E-state index contributed by atoms with van der Waals surface area (Å²) >= 11 is 2.17. The number of aliphatic imine (C=N–C) groups is 2. The van der Waals surface area contributed by atoms with Crippen LogP contribution in [0.4, 0.5) is 0 Å². The number of rotatable bonds is 12. The smallest absolute Gasteiger partial charge is 0.280 e. The molecule has 0 saturated heterocycles. The molecule has 0 spiro atoms. The summed E-state index contributed by atoms with van der Waals surface area (Å²) in [5.41, 5.74) is 1.51. The third kappa shape index (κ3) is 7.52. The standard InChI is InChI=1S/C31H32N6O6S2/c1-17-35-24-26(40)20(14-22(38)28(24)44-17)32-10-4-12-37(2)13-5-11-33-21-15-23(39)29-25(27(21)41)36-31(45-29)30(42)34-16-18-6-8-19(43-3)9-7-18/h6-9H,4-5,10-16H2,1-3H3,(H,34,42). The quantitative estimate of drug-likeness (QED) is 0.289. The summed E-state index contributed by atoms with van der Waals surface area (Å²) in [4.78, 5) is 83.3. The fourth-order valence-electron chi connectivity index (χ4n) is 4.91. The van der Waals surface area contributed by atoms with Crippen LogP contribution >= 0.6 is 22.7 Å². The maximum atomic E-state index is 13.0. The Morgan fingerprint density at radius 3 is 2.02 bits per heavy atom. The van der Waals surface area contributed by atoms with E-state index >= 15 is 0 Å². The van der Waals surface area contributed by atoms with Crippen LogP contribution < -0.4 is 10.1 Å². The molecule has 3 aromatic rings. The fourth-order valence-corrected chi connectivity index (χ4v) is 6.68. The van der Waals surface area contributed by atoms with E-state index < -0.39 is 11.7 Å². The molecule has 0 aliphatic heterocycles. The number of ether oxygens (including phenoxy) is 1. The minimum Gasteiger partial charge on any atom is -0.497 e. The van der Waals surface area contributed by atoms with Crippen molar-refractivity contribution in [1.29, 1.82) is 0 Å². The van der Waals surface area contributed by atoms with Gasteiger partial charge in [-0.05, 0) is 57.6 Å². The van der Waals surface area contributed by atoms with Crippen molar-refractivity contribution in [2.45, 2.75) is 39.2 Å². The highest BCUT2D eigenvalue weighted by molar-refractivity contribution is 7.16. The van der Waals surface area contributed by atoms with Gasteiger partial charge in [0.25, 0.3) is 5.91 Å². The van der Waals surface area contributed by atoms with Crippen molar-refractivity contribution in [2.24, 2.45) is 9.98 Å². The van der Waals surface area contributed by atoms with Crippen LogP contribution in [0.25, 0.3) is 0 Å². The number of carbonyl (C=O) groups is 5. The molecule has 0 atom stereocenters. The SMILES string of the molecule is COc1ccc(CNC(=O)c2nc3c(s2)C(=O)CC(=NCCCN(C)CCCN=C2CC(=O)c4sc(C)nc4C2=O)C3=O)cc1. The Morgan fingerprint density at radius 2 is 1.44 bits per heavy atom. The van der Waals surface area contributed by atoms with Gasteiger partial charge in [0.2, 0.25) is 11.6 Å². The maximum absolute atomic E-state index is 13.0. The number of aromatic nitrogens is 2. The second-order valence-electron chi connectivity index (χ2n) is 10.7. The Morgan fingerprint density at radius 1 is 0.889 bits per heavy atom. The molecule has 0 radical (unpaired) electrons. The number of carbonyl (C=O) groups excluding carboxylic acids is 5. The van der Waals surface area contributed by atoms with Crippen LogP contribution in [-0.4, -0.2) is 95.7 Å². The summed E-state index contributed by atoms with van der Waals surface area (Å²) in [6.07, 6.45) is 1.28. The molecule has 2 aromatic heterocycles. The average Bonchev–Trinajstić information content (AvgIpc) is 3.67. The molecule has 0 bridgehead atoms. The number of nitrogens with one attached hydrogen (secondary N) is 1. The van der Waals surface area contributed by atoms with Crippen molar-refractivity contribution in [3.63, 3.8) is 0 Å². The lowest BCUT2D eigenvalue weighted by Crippen LogP contribution is -2.28. The van der Waals surface area contributed by atoms with Crippen LogP contribution in [0.3, 0.4) is 0 Å². The summed E-state index contributed by atoms with van der Waals surface area (Å²) in [5.74, 6) is -0.802. The monoisotopic (exact) mass is 648 g/mol. The summed E-state index contributed by atoms with van der Waals surface area (Å²) in [5, 5.41) is 3.52. The average molecular weight is 649 g/mol. The number of fused-ring (bicyclic) bond motifs is 2. The fraction of sp³-hybridized carbons (Fsp3) is 0.387. The third-order valence-corrected chi connectivity index (χ3v) is 9.39. The van der Waals surface area contributed by atoms with E-state index in [2.05, 4.69) is 30.2 Å². The number of hydrogen-bond acceptors (Lipinski definition) is 13. The highest BCUT2D eigenvalue weighted by Gasteiger charge is 2.35. The van der Waals surface area contributed by atoms with E-state index in [1.54, 1.807) is 26.2 Å². The summed E-state index contributed by atoms with van der Waals surface area (Å²) in [6.45, 7) is 4.25. The number of aryl methyl sites for hydroxylation is 1. The van der Waals surface area contributed by atoms with E-state index in [-0.39, 0.29) is 69.4 Å². The predicted molar refractivity (Wildman–Crippen MR) is 171 cm³/mol. The first-order chi connectivity index (χ1) is 21.6. The van der Waals surface area contributed by atoms with Crippen molar-refractivity contribution >= 4 is 63.1 Å². The molecule has 1 N–H and O–H groups in total. The molecule has 234 valence electrons. The lowest BCUT2D eigenvalue weighted by atomic mass is 9.98. The number of amides is 1. The molecule has 0 saturated carbocycles. The van der Waals surface area contributed by atoms with Crippen LogP contribution in [0, 0.1) is 6.92 Å². The first kappa shape index (κ1) is 32.1. The van der Waals surface area contributed by atoms with Crippen molar-refractivity contribution in [3.05, 3.63) is 61.0 Å². The van der Waals surface area contributed by atoms with Crippen LogP contribution in [0.2, 0.25) is 0 Å². The Balaban J connectivity index is 1.06. The summed E-state index contributed by atoms with van der Waals surface area (Å²) < 4.78 is 5.14. The number of thiazole rings is 2. The van der Waals surface area contributed by atoms with E-state index in [0.717, 1.165) is 23.4 Å². The van der Waals surface area contributed by atoms with Crippen molar-refractivity contribution < 1.29 is 28.7 Å². The largest absolute Gasteiger partial charge is 0.497 e. The molecule has 45 heavy (non-hydrogen) atoms. The molecule has 2 aliphatic carbocycles. The topological polar surface area (TPSA) is 160 Å². The molecule has 14 heteroatoms. The van der Waals surface area contributed by atoms with Gasteiger partial charge in [-0.2, -0.15) is 0 Å². The number of ketones is 4. The molecule has 0 unspecified atom stereocenters. The first-order valence-corrected chi connectivity index (χ1v) is 16.1. The molecule has 1 aromatic carbocycles. The molecule has 2 aliphatic rings. The van der Waals surface area contributed by atoms with Crippen molar-refractivity contribution in [3.8, 4) is 5.75 Å². The van der Waals surface area contributed by atoms with Gasteiger partial charge < -0.3 is 15.0 Å². The van der Waals surface area contributed by atoms with Gasteiger partial charge in [-0.15, -0.1) is 22.7 Å². The first-order valence-electron chi connectivity index (χ1n) is 14.4. The van der Waals surface area contributed by atoms with Gasteiger partial charge >= 0.3 is 0 Å². The second kappa shape index (κ2) is 14.2. The van der Waals surface area contributed by atoms with Crippen molar-refractivity contribution in [2.75, 3.05) is 40.3 Å². The Labute approximate surface area is 267 Å². The van der Waals surface area contributed by atoms with Gasteiger partial charge in [0.1, 0.15) is 26.9 Å². The Hall–Kier alpha value is -4.27. The van der Waals surface area contributed by atoms with Gasteiger partial charge in [-0.1, -0.05) is 12.1 Å². The van der Waals surface area contributed by atoms with E-state index in [1.807, 2.05) is 19.2 Å². The molecular weight excluding hydrogens is 617 g/mol. The Kier molecular flexibility index (Phi) is 10.2. The number of Topliss-reactive ketones (excluding diaryl/α,β-unsaturated/α-hetero) is 4. The molecule has 12 nitrogen and oxygen atoms in total. The third-order valence-electron chi connectivity index (χ3n) is 7.29. The van der Waals surface area contributed by atoms with E-state index in [1.165, 1.54) is 11.3 Å². The summed E-state index contributed by atoms with van der Waals surface area (Å²) in [7, 11) is 3.53. The van der Waals surface area contributed by atoms with Gasteiger partial charge in [0.15, 0.2) is 16.6 Å². The number of methoxy groups -OCH3 is 1. The van der Waals surface area contributed by atoms with Gasteiger partial charge in [0, 0.05) is 19.6 Å². The molecule has 5 rings (SSSR count). The number of benzene rings is 1. The predicted octanol–water partition coefficient (Wildman–Crippen LogP) is 3.68. The molecule has 0 fully saturated rings. The van der Waals surface area contributed by atoms with E-state index in [4.69, 9.17) is 4.74 Å². The number of hydrogen-bond donors (Lipinski definition) is 1.